The van der Waals surface area contributed by atoms with Gasteiger partial charge in [0.2, 0.25) is 0 Å². The molecule has 2 nitrogen and oxygen atoms in total. The quantitative estimate of drug-likeness (QED) is 0.880. The molecule has 0 bridgehead atoms. The maximum atomic E-state index is 6.35. The molecule has 1 unspecified atom stereocenters. The van der Waals surface area contributed by atoms with E-state index in [2.05, 4.69) is 43.4 Å². The van der Waals surface area contributed by atoms with Crippen molar-refractivity contribution in [3.05, 3.63) is 63.7 Å². The summed E-state index contributed by atoms with van der Waals surface area (Å²) in [5, 5.41) is 4.21. The van der Waals surface area contributed by atoms with Crippen molar-refractivity contribution in [1.82, 2.24) is 5.32 Å². The Labute approximate surface area is 132 Å². The van der Waals surface area contributed by atoms with Crippen molar-refractivity contribution < 1.29 is 4.74 Å². The number of hydrogen-bond acceptors (Lipinski definition) is 2. The topological polar surface area (TPSA) is 21.3 Å². The van der Waals surface area contributed by atoms with Crippen LogP contribution in [0.1, 0.15) is 28.3 Å². The van der Waals surface area contributed by atoms with Gasteiger partial charge in [0.1, 0.15) is 5.75 Å². The smallest absolute Gasteiger partial charge is 0.121 e. The van der Waals surface area contributed by atoms with Gasteiger partial charge in [-0.2, -0.15) is 0 Å². The summed E-state index contributed by atoms with van der Waals surface area (Å²) >= 11 is 6.35. The van der Waals surface area contributed by atoms with E-state index >= 15 is 0 Å². The van der Waals surface area contributed by atoms with E-state index in [1.807, 2.05) is 19.2 Å². The van der Waals surface area contributed by atoms with E-state index < -0.39 is 0 Å². The number of halogens is 1. The minimum absolute atomic E-state index is 0.231. The van der Waals surface area contributed by atoms with Gasteiger partial charge in [-0.15, -0.1) is 0 Å². The van der Waals surface area contributed by atoms with Crippen molar-refractivity contribution in [2.75, 3.05) is 14.2 Å². The molecule has 0 aromatic heterocycles. The van der Waals surface area contributed by atoms with Gasteiger partial charge in [0.25, 0.3) is 0 Å². The summed E-state index contributed by atoms with van der Waals surface area (Å²) in [6.45, 7) is 4.12. The van der Waals surface area contributed by atoms with E-state index in [0.29, 0.717) is 0 Å². The van der Waals surface area contributed by atoms with Crippen LogP contribution in [0.25, 0.3) is 0 Å². The lowest BCUT2D eigenvalue weighted by Crippen LogP contribution is -2.19. The maximum Gasteiger partial charge on any atom is 0.121 e. The lowest BCUT2D eigenvalue weighted by Gasteiger charge is -2.19. The molecule has 0 amide bonds. The first-order valence-electron chi connectivity index (χ1n) is 7.12. The largest absolute Gasteiger partial charge is 0.496 e. The molecule has 2 aromatic carbocycles. The zero-order valence-corrected chi connectivity index (χ0v) is 13.8. The molecule has 0 saturated carbocycles. The summed E-state index contributed by atoms with van der Waals surface area (Å²) in [7, 11) is 3.68. The van der Waals surface area contributed by atoms with Crippen LogP contribution < -0.4 is 10.1 Å². The molecule has 1 atom stereocenters. The van der Waals surface area contributed by atoms with Crippen LogP contribution in [-0.4, -0.2) is 14.2 Å². The Bertz CT molecular complexity index is 625. The first kappa shape index (κ1) is 15.9. The van der Waals surface area contributed by atoms with Crippen LogP contribution in [0.2, 0.25) is 5.02 Å². The molecule has 0 aliphatic rings. The van der Waals surface area contributed by atoms with Gasteiger partial charge in [-0.3, -0.25) is 0 Å². The summed E-state index contributed by atoms with van der Waals surface area (Å²) < 4.78 is 5.32. The molecule has 1 N–H and O–H groups in total. The third-order valence-corrected chi connectivity index (χ3v) is 4.15. The molecule has 0 saturated heterocycles. The SMILES string of the molecule is CNC(Cc1ccc(C)cc1Cl)c1ccc(OC)c(C)c1. The monoisotopic (exact) mass is 303 g/mol. The molecule has 0 spiro atoms. The molecule has 21 heavy (non-hydrogen) atoms. The number of aryl methyl sites for hydroxylation is 2. The summed E-state index contributed by atoms with van der Waals surface area (Å²) in [6, 6.07) is 12.8. The van der Waals surface area contributed by atoms with Gasteiger partial charge < -0.3 is 10.1 Å². The van der Waals surface area contributed by atoms with E-state index in [9.17, 15) is 0 Å². The Kier molecular flexibility index (Phi) is 5.27. The summed E-state index contributed by atoms with van der Waals surface area (Å²) in [6.07, 6.45) is 0.862. The molecule has 3 heteroatoms. The Morgan fingerprint density at radius 1 is 1.14 bits per heavy atom. The summed E-state index contributed by atoms with van der Waals surface area (Å²) in [4.78, 5) is 0. The summed E-state index contributed by atoms with van der Waals surface area (Å²) in [5.74, 6) is 0.918. The lowest BCUT2D eigenvalue weighted by molar-refractivity contribution is 0.411. The second-order valence-electron chi connectivity index (χ2n) is 5.37. The van der Waals surface area contributed by atoms with E-state index in [-0.39, 0.29) is 6.04 Å². The predicted molar refractivity (Wildman–Crippen MR) is 89.4 cm³/mol. The highest BCUT2D eigenvalue weighted by molar-refractivity contribution is 6.31. The van der Waals surface area contributed by atoms with Crippen LogP contribution in [0.4, 0.5) is 0 Å². The van der Waals surface area contributed by atoms with Crippen LogP contribution in [-0.2, 0) is 6.42 Å². The molecule has 0 aliphatic carbocycles. The zero-order valence-electron chi connectivity index (χ0n) is 13.0. The first-order chi connectivity index (χ1) is 10.0. The highest BCUT2D eigenvalue weighted by Crippen LogP contribution is 2.27. The molecule has 0 radical (unpaired) electrons. The number of likely N-dealkylation sites (N-methyl/N-ethyl adjacent to an activating group) is 1. The van der Waals surface area contributed by atoms with Crippen molar-refractivity contribution in [1.29, 1.82) is 0 Å². The van der Waals surface area contributed by atoms with Gasteiger partial charge in [-0.05, 0) is 61.7 Å². The second-order valence-corrected chi connectivity index (χ2v) is 5.78. The maximum absolute atomic E-state index is 6.35. The summed E-state index contributed by atoms with van der Waals surface area (Å²) in [5.41, 5.74) is 4.73. The number of nitrogens with one attached hydrogen (secondary N) is 1. The third-order valence-electron chi connectivity index (χ3n) is 3.80. The average molecular weight is 304 g/mol. The number of methoxy groups -OCH3 is 1. The minimum Gasteiger partial charge on any atom is -0.496 e. The Hall–Kier alpha value is -1.51. The van der Waals surface area contributed by atoms with Gasteiger partial charge in [0.05, 0.1) is 7.11 Å². The van der Waals surface area contributed by atoms with E-state index in [4.69, 9.17) is 16.3 Å². The number of rotatable bonds is 5. The van der Waals surface area contributed by atoms with Crippen molar-refractivity contribution in [2.24, 2.45) is 0 Å². The van der Waals surface area contributed by atoms with Crippen molar-refractivity contribution >= 4 is 11.6 Å². The van der Waals surface area contributed by atoms with Gasteiger partial charge in [0, 0.05) is 11.1 Å². The van der Waals surface area contributed by atoms with Crippen LogP contribution in [0.15, 0.2) is 36.4 Å². The zero-order chi connectivity index (χ0) is 15.4. The van der Waals surface area contributed by atoms with Crippen molar-refractivity contribution in [3.63, 3.8) is 0 Å². The standard InChI is InChI=1S/C18H22ClNO/c1-12-5-6-14(16(19)9-12)11-17(20-3)15-7-8-18(21-4)13(2)10-15/h5-10,17,20H,11H2,1-4H3. The molecule has 0 aliphatic heterocycles. The second kappa shape index (κ2) is 6.97. The van der Waals surface area contributed by atoms with E-state index in [1.54, 1.807) is 7.11 Å². The van der Waals surface area contributed by atoms with Crippen LogP contribution >= 0.6 is 11.6 Å². The van der Waals surface area contributed by atoms with Crippen molar-refractivity contribution in [3.8, 4) is 5.75 Å². The highest BCUT2D eigenvalue weighted by atomic mass is 35.5. The number of benzene rings is 2. The number of hydrogen-bond donors (Lipinski definition) is 1. The number of ether oxygens (including phenoxy) is 1. The van der Waals surface area contributed by atoms with Crippen LogP contribution in [0.3, 0.4) is 0 Å². The van der Waals surface area contributed by atoms with Crippen LogP contribution in [0, 0.1) is 13.8 Å². The van der Waals surface area contributed by atoms with Crippen LogP contribution in [0.5, 0.6) is 5.75 Å². The van der Waals surface area contributed by atoms with Gasteiger partial charge in [0.15, 0.2) is 0 Å². The van der Waals surface area contributed by atoms with Crippen molar-refractivity contribution in [2.45, 2.75) is 26.3 Å². The molecule has 0 fully saturated rings. The third kappa shape index (κ3) is 3.78. The fourth-order valence-electron chi connectivity index (χ4n) is 2.54. The fraction of sp³-hybridized carbons (Fsp3) is 0.333. The molecular weight excluding hydrogens is 282 g/mol. The molecule has 0 heterocycles. The van der Waals surface area contributed by atoms with E-state index in [1.165, 1.54) is 11.1 Å². The van der Waals surface area contributed by atoms with Gasteiger partial charge in [-0.1, -0.05) is 35.9 Å². The Balaban J connectivity index is 2.25. The van der Waals surface area contributed by atoms with E-state index in [0.717, 1.165) is 28.3 Å². The predicted octanol–water partition coefficient (Wildman–Crippen LogP) is 4.47. The molecule has 112 valence electrons. The molecule has 2 aromatic rings. The minimum atomic E-state index is 0.231. The average Bonchev–Trinajstić information content (AvgIpc) is 2.46. The fourth-order valence-corrected chi connectivity index (χ4v) is 2.86. The lowest BCUT2D eigenvalue weighted by atomic mass is 9.97. The van der Waals surface area contributed by atoms with Gasteiger partial charge >= 0.3 is 0 Å². The van der Waals surface area contributed by atoms with Gasteiger partial charge in [-0.25, -0.2) is 0 Å². The first-order valence-corrected chi connectivity index (χ1v) is 7.49. The Morgan fingerprint density at radius 2 is 1.90 bits per heavy atom. The normalized spacial score (nSPS) is 12.2. The Morgan fingerprint density at radius 3 is 2.48 bits per heavy atom. The highest BCUT2D eigenvalue weighted by Gasteiger charge is 2.13. The molecular formula is C18H22ClNO. The molecule has 2 rings (SSSR count).